The van der Waals surface area contributed by atoms with Crippen LogP contribution in [-0.2, 0) is 6.42 Å². The van der Waals surface area contributed by atoms with Crippen molar-refractivity contribution in [2.24, 2.45) is 5.92 Å². The summed E-state index contributed by atoms with van der Waals surface area (Å²) < 4.78 is 0. The van der Waals surface area contributed by atoms with Crippen molar-refractivity contribution in [2.75, 3.05) is 25.5 Å². The van der Waals surface area contributed by atoms with E-state index in [2.05, 4.69) is 55.4 Å². The summed E-state index contributed by atoms with van der Waals surface area (Å²) in [5.74, 6) is 0.772. The molecule has 1 aromatic carbocycles. The maximum absolute atomic E-state index is 3.69. The fourth-order valence-electron chi connectivity index (χ4n) is 3.14. The summed E-state index contributed by atoms with van der Waals surface area (Å²) in [7, 11) is 2.24. The smallest absolute Gasteiger partial charge is 0.0342 e. The molecule has 1 saturated heterocycles. The number of hydrogen-bond donors (Lipinski definition) is 1. The molecule has 0 saturated carbocycles. The lowest BCUT2D eigenvalue weighted by atomic mass is 9.91. The van der Waals surface area contributed by atoms with Crippen LogP contribution in [0.25, 0.3) is 0 Å². The van der Waals surface area contributed by atoms with Crippen LogP contribution in [0.15, 0.2) is 24.3 Å². The molecule has 2 nitrogen and oxygen atoms in total. The van der Waals surface area contributed by atoms with E-state index in [1.54, 1.807) is 0 Å². The minimum absolute atomic E-state index is 0.555. The Bertz CT molecular complexity index is 385. The highest BCUT2D eigenvalue weighted by molar-refractivity contribution is 5.45. The summed E-state index contributed by atoms with van der Waals surface area (Å²) in [6, 6.07) is 9.59. The molecule has 1 aliphatic heterocycles. The fraction of sp³-hybridized carbons (Fsp3) is 0.667. The van der Waals surface area contributed by atoms with E-state index in [9.17, 15) is 0 Å². The van der Waals surface area contributed by atoms with Crippen LogP contribution in [0.1, 0.15) is 45.1 Å². The first kappa shape index (κ1) is 15.4. The van der Waals surface area contributed by atoms with Crippen molar-refractivity contribution < 1.29 is 0 Å². The van der Waals surface area contributed by atoms with E-state index in [0.717, 1.165) is 5.92 Å². The molecule has 2 heteroatoms. The van der Waals surface area contributed by atoms with E-state index in [0.29, 0.717) is 6.04 Å². The normalized spacial score (nSPS) is 21.6. The van der Waals surface area contributed by atoms with Crippen LogP contribution in [0, 0.1) is 5.92 Å². The van der Waals surface area contributed by atoms with Crippen molar-refractivity contribution in [3.05, 3.63) is 29.8 Å². The van der Waals surface area contributed by atoms with Crippen molar-refractivity contribution in [1.29, 1.82) is 0 Å². The van der Waals surface area contributed by atoms with E-state index < -0.39 is 0 Å². The number of unbranched alkanes of at least 4 members (excludes halogenated alkanes) is 1. The van der Waals surface area contributed by atoms with Crippen LogP contribution in [0.2, 0.25) is 0 Å². The number of aryl methyl sites for hydroxylation is 1. The van der Waals surface area contributed by atoms with E-state index >= 15 is 0 Å². The molecule has 2 atom stereocenters. The van der Waals surface area contributed by atoms with Crippen molar-refractivity contribution in [1.82, 2.24) is 4.90 Å². The van der Waals surface area contributed by atoms with E-state index in [-0.39, 0.29) is 0 Å². The molecule has 1 fully saturated rings. The third-order valence-electron chi connectivity index (χ3n) is 4.54. The molecular weight excluding hydrogens is 244 g/mol. The van der Waals surface area contributed by atoms with Gasteiger partial charge in [0.1, 0.15) is 0 Å². The summed E-state index contributed by atoms with van der Waals surface area (Å²) >= 11 is 0. The van der Waals surface area contributed by atoms with Crippen LogP contribution in [-0.4, -0.2) is 31.1 Å². The SMILES string of the molecule is CCCCc1ccc(NC(C)C2CCCN(C)C2)cc1. The Hall–Kier alpha value is -1.02. The minimum Gasteiger partial charge on any atom is -0.382 e. The third-order valence-corrected chi connectivity index (χ3v) is 4.54. The summed E-state index contributed by atoms with van der Waals surface area (Å²) in [6.45, 7) is 7.06. The molecule has 112 valence electrons. The van der Waals surface area contributed by atoms with Crippen molar-refractivity contribution >= 4 is 5.69 Å². The number of nitrogens with one attached hydrogen (secondary N) is 1. The molecule has 1 aromatic rings. The molecule has 0 radical (unpaired) electrons. The van der Waals surface area contributed by atoms with E-state index in [1.165, 1.54) is 56.4 Å². The number of benzene rings is 1. The first-order valence-corrected chi connectivity index (χ1v) is 8.23. The van der Waals surface area contributed by atoms with Gasteiger partial charge < -0.3 is 10.2 Å². The van der Waals surface area contributed by atoms with Gasteiger partial charge >= 0.3 is 0 Å². The van der Waals surface area contributed by atoms with Crippen LogP contribution >= 0.6 is 0 Å². The van der Waals surface area contributed by atoms with Gasteiger partial charge in [-0.1, -0.05) is 25.5 Å². The lowest BCUT2D eigenvalue weighted by molar-refractivity contribution is 0.197. The Kier molecular flexibility index (Phi) is 5.90. The van der Waals surface area contributed by atoms with Crippen LogP contribution in [0.5, 0.6) is 0 Å². The fourth-order valence-corrected chi connectivity index (χ4v) is 3.14. The summed E-state index contributed by atoms with van der Waals surface area (Å²) in [5, 5.41) is 3.69. The van der Waals surface area contributed by atoms with Gasteiger partial charge in [-0.3, -0.25) is 0 Å². The molecule has 0 aliphatic carbocycles. The van der Waals surface area contributed by atoms with Gasteiger partial charge in [0.05, 0.1) is 0 Å². The van der Waals surface area contributed by atoms with E-state index in [4.69, 9.17) is 0 Å². The molecule has 1 heterocycles. The molecular formula is C18H30N2. The molecule has 0 bridgehead atoms. The highest BCUT2D eigenvalue weighted by atomic mass is 15.1. The zero-order valence-corrected chi connectivity index (χ0v) is 13.4. The Labute approximate surface area is 124 Å². The molecule has 0 amide bonds. The van der Waals surface area contributed by atoms with Gasteiger partial charge in [0.15, 0.2) is 0 Å². The lowest BCUT2D eigenvalue weighted by Gasteiger charge is -2.34. The summed E-state index contributed by atoms with van der Waals surface area (Å²) in [4.78, 5) is 2.46. The monoisotopic (exact) mass is 274 g/mol. The van der Waals surface area contributed by atoms with Gasteiger partial charge in [0.25, 0.3) is 0 Å². The number of anilines is 1. The van der Waals surface area contributed by atoms with Gasteiger partial charge in [-0.15, -0.1) is 0 Å². The van der Waals surface area contributed by atoms with Gasteiger partial charge in [-0.05, 0) is 69.8 Å². The second-order valence-electron chi connectivity index (χ2n) is 6.40. The Morgan fingerprint density at radius 2 is 2.05 bits per heavy atom. The molecule has 0 aromatic heterocycles. The summed E-state index contributed by atoms with van der Waals surface area (Å²) in [6.07, 6.45) is 6.46. The maximum atomic E-state index is 3.69. The average Bonchev–Trinajstić information content (AvgIpc) is 2.46. The minimum atomic E-state index is 0.555. The Morgan fingerprint density at radius 3 is 2.70 bits per heavy atom. The van der Waals surface area contributed by atoms with E-state index in [1.807, 2.05) is 0 Å². The standard InChI is InChI=1S/C18H30N2/c1-4-5-7-16-9-11-18(12-10-16)19-15(2)17-8-6-13-20(3)14-17/h9-12,15,17,19H,4-8,13-14H2,1-3H3. The van der Waals surface area contributed by atoms with Crippen LogP contribution in [0.3, 0.4) is 0 Å². The predicted octanol–water partition coefficient (Wildman–Crippen LogP) is 4.17. The average molecular weight is 274 g/mol. The van der Waals surface area contributed by atoms with Gasteiger partial charge in [0, 0.05) is 18.3 Å². The first-order chi connectivity index (χ1) is 9.69. The Morgan fingerprint density at radius 1 is 1.30 bits per heavy atom. The first-order valence-electron chi connectivity index (χ1n) is 8.23. The lowest BCUT2D eigenvalue weighted by Crippen LogP contribution is -2.39. The zero-order valence-electron chi connectivity index (χ0n) is 13.4. The molecule has 20 heavy (non-hydrogen) atoms. The second kappa shape index (κ2) is 7.68. The second-order valence-corrected chi connectivity index (χ2v) is 6.40. The zero-order chi connectivity index (χ0) is 14.4. The highest BCUT2D eigenvalue weighted by Crippen LogP contribution is 2.22. The Balaban J connectivity index is 1.85. The van der Waals surface area contributed by atoms with Crippen LogP contribution < -0.4 is 5.32 Å². The van der Waals surface area contributed by atoms with Crippen molar-refractivity contribution in [2.45, 2.75) is 52.0 Å². The molecule has 1 N–H and O–H groups in total. The van der Waals surface area contributed by atoms with Crippen LogP contribution in [0.4, 0.5) is 5.69 Å². The third kappa shape index (κ3) is 4.52. The predicted molar refractivity (Wildman–Crippen MR) is 88.4 cm³/mol. The number of likely N-dealkylation sites (tertiary alicyclic amines) is 1. The van der Waals surface area contributed by atoms with Crippen molar-refractivity contribution in [3.63, 3.8) is 0 Å². The number of hydrogen-bond acceptors (Lipinski definition) is 2. The number of nitrogens with zero attached hydrogens (tertiary/aromatic N) is 1. The van der Waals surface area contributed by atoms with Crippen molar-refractivity contribution in [3.8, 4) is 0 Å². The number of piperidine rings is 1. The largest absolute Gasteiger partial charge is 0.382 e. The van der Waals surface area contributed by atoms with Gasteiger partial charge in [-0.2, -0.15) is 0 Å². The molecule has 1 aliphatic rings. The topological polar surface area (TPSA) is 15.3 Å². The van der Waals surface area contributed by atoms with Gasteiger partial charge in [-0.25, -0.2) is 0 Å². The highest BCUT2D eigenvalue weighted by Gasteiger charge is 2.22. The van der Waals surface area contributed by atoms with Gasteiger partial charge in [0.2, 0.25) is 0 Å². The molecule has 0 spiro atoms. The quantitative estimate of drug-likeness (QED) is 0.837. The maximum Gasteiger partial charge on any atom is 0.0342 e. The molecule has 2 unspecified atom stereocenters. The summed E-state index contributed by atoms with van der Waals surface area (Å²) in [5.41, 5.74) is 2.73. The molecule has 2 rings (SSSR count). The number of rotatable bonds is 6.